The highest BCUT2D eigenvalue weighted by Gasteiger charge is 2.15. The van der Waals surface area contributed by atoms with E-state index in [1.165, 1.54) is 11.1 Å². The van der Waals surface area contributed by atoms with Gasteiger partial charge in [-0.25, -0.2) is 9.97 Å². The number of hydrogen-bond acceptors (Lipinski definition) is 6. The smallest absolute Gasteiger partial charge is 0.213 e. The van der Waals surface area contributed by atoms with Crippen LogP contribution in [0, 0.1) is 20.8 Å². The molecule has 7 nitrogen and oxygen atoms in total. The van der Waals surface area contributed by atoms with Gasteiger partial charge in [0.05, 0.1) is 37.1 Å². The van der Waals surface area contributed by atoms with Gasteiger partial charge in [0.15, 0.2) is 5.82 Å². The van der Waals surface area contributed by atoms with Crippen molar-refractivity contribution >= 4 is 0 Å². The van der Waals surface area contributed by atoms with E-state index in [2.05, 4.69) is 51.1 Å². The Morgan fingerprint density at radius 3 is 2.29 bits per heavy atom. The van der Waals surface area contributed by atoms with Crippen LogP contribution in [0.1, 0.15) is 17.0 Å². The number of ether oxygens (including phenoxy) is 1. The van der Waals surface area contributed by atoms with Gasteiger partial charge in [-0.15, -0.1) is 10.2 Å². The Morgan fingerprint density at radius 2 is 1.61 bits per heavy atom. The van der Waals surface area contributed by atoms with Gasteiger partial charge in [-0.05, 0) is 38.0 Å². The maximum Gasteiger partial charge on any atom is 0.213 e. The molecule has 0 aliphatic rings. The molecule has 28 heavy (non-hydrogen) atoms. The molecule has 0 saturated carbocycles. The molecule has 3 heterocycles. The van der Waals surface area contributed by atoms with E-state index in [0.29, 0.717) is 17.4 Å². The third-order valence-corrected chi connectivity index (χ3v) is 4.77. The van der Waals surface area contributed by atoms with Crippen molar-refractivity contribution in [2.75, 3.05) is 7.11 Å². The Hall–Kier alpha value is -3.61. The molecule has 0 aliphatic heterocycles. The lowest BCUT2D eigenvalue weighted by atomic mass is 10.0. The Bertz CT molecular complexity index is 1120. The average Bonchev–Trinajstić information content (AvgIpc) is 3.12. The summed E-state index contributed by atoms with van der Waals surface area (Å²) in [6.07, 6.45) is 5.22. The summed E-state index contributed by atoms with van der Waals surface area (Å²) in [4.78, 5) is 13.5. The molecule has 0 spiro atoms. The van der Waals surface area contributed by atoms with Gasteiger partial charge in [0.2, 0.25) is 5.88 Å². The molecule has 1 aromatic carbocycles. The van der Waals surface area contributed by atoms with Crippen LogP contribution in [0.5, 0.6) is 5.88 Å². The molecule has 0 radical (unpaired) electrons. The van der Waals surface area contributed by atoms with E-state index in [4.69, 9.17) is 4.74 Å². The van der Waals surface area contributed by atoms with Crippen LogP contribution in [0.4, 0.5) is 0 Å². The van der Waals surface area contributed by atoms with Gasteiger partial charge in [-0.3, -0.25) is 9.55 Å². The molecule has 0 bridgehead atoms. The fourth-order valence-electron chi connectivity index (χ4n) is 3.07. The molecular weight excluding hydrogens is 352 g/mol. The number of pyridine rings is 1. The number of aromatic nitrogens is 6. The van der Waals surface area contributed by atoms with E-state index in [1.54, 1.807) is 31.8 Å². The summed E-state index contributed by atoms with van der Waals surface area (Å²) >= 11 is 0. The van der Waals surface area contributed by atoms with Gasteiger partial charge in [-0.2, -0.15) is 0 Å². The average molecular weight is 372 g/mol. The van der Waals surface area contributed by atoms with E-state index in [0.717, 1.165) is 22.8 Å². The van der Waals surface area contributed by atoms with Crippen molar-refractivity contribution in [2.24, 2.45) is 0 Å². The first kappa shape index (κ1) is 17.8. The van der Waals surface area contributed by atoms with E-state index in [-0.39, 0.29) is 0 Å². The Morgan fingerprint density at radius 1 is 0.821 bits per heavy atom. The SMILES string of the molecule is COc1ccc(-n2c(C)nnc2-c2cnc(-c3cccc(C)c3C)cn2)cn1. The van der Waals surface area contributed by atoms with Crippen molar-refractivity contribution in [3.63, 3.8) is 0 Å². The molecule has 0 aliphatic carbocycles. The zero-order valence-electron chi connectivity index (χ0n) is 16.2. The van der Waals surface area contributed by atoms with Gasteiger partial charge >= 0.3 is 0 Å². The van der Waals surface area contributed by atoms with Gasteiger partial charge < -0.3 is 4.74 Å². The van der Waals surface area contributed by atoms with E-state index < -0.39 is 0 Å². The van der Waals surface area contributed by atoms with Crippen molar-refractivity contribution in [1.82, 2.24) is 29.7 Å². The molecule has 0 fully saturated rings. The molecule has 0 atom stereocenters. The van der Waals surface area contributed by atoms with Crippen LogP contribution in [0.3, 0.4) is 0 Å². The second-order valence-electron chi connectivity index (χ2n) is 6.50. The molecule has 3 aromatic heterocycles. The van der Waals surface area contributed by atoms with Gasteiger partial charge in [0, 0.05) is 11.6 Å². The Labute approximate surface area is 163 Å². The molecule has 4 rings (SSSR count). The maximum atomic E-state index is 5.13. The molecule has 0 amide bonds. The van der Waals surface area contributed by atoms with Crippen molar-refractivity contribution < 1.29 is 4.74 Å². The molecule has 4 aromatic rings. The monoisotopic (exact) mass is 372 g/mol. The first-order valence-electron chi connectivity index (χ1n) is 8.90. The summed E-state index contributed by atoms with van der Waals surface area (Å²) in [7, 11) is 1.59. The predicted octanol–water partition coefficient (Wildman–Crippen LogP) is 3.72. The zero-order chi connectivity index (χ0) is 19.7. The minimum Gasteiger partial charge on any atom is -0.481 e. The second-order valence-corrected chi connectivity index (χ2v) is 6.50. The highest BCUT2D eigenvalue weighted by Crippen LogP contribution is 2.25. The van der Waals surface area contributed by atoms with Crippen LogP contribution >= 0.6 is 0 Å². The maximum absolute atomic E-state index is 5.13. The van der Waals surface area contributed by atoms with Crippen LogP contribution in [0.15, 0.2) is 48.9 Å². The van der Waals surface area contributed by atoms with Crippen molar-refractivity contribution in [2.45, 2.75) is 20.8 Å². The molecular formula is C21H20N6O. The van der Waals surface area contributed by atoms with Gasteiger partial charge in [0.25, 0.3) is 0 Å². The number of hydrogen-bond donors (Lipinski definition) is 0. The third-order valence-electron chi connectivity index (χ3n) is 4.77. The zero-order valence-corrected chi connectivity index (χ0v) is 16.2. The summed E-state index contributed by atoms with van der Waals surface area (Å²) in [5.74, 6) is 1.90. The largest absolute Gasteiger partial charge is 0.481 e. The third kappa shape index (κ3) is 3.11. The lowest BCUT2D eigenvalue weighted by Gasteiger charge is -2.10. The molecule has 0 unspecified atom stereocenters. The summed E-state index contributed by atoms with van der Waals surface area (Å²) in [5, 5.41) is 8.49. The highest BCUT2D eigenvalue weighted by molar-refractivity contribution is 5.65. The van der Waals surface area contributed by atoms with Crippen molar-refractivity contribution in [3.8, 4) is 34.3 Å². The number of methoxy groups -OCH3 is 1. The number of nitrogens with zero attached hydrogens (tertiary/aromatic N) is 6. The standard InChI is InChI=1S/C21H20N6O/c1-13-6-5-7-17(14(13)2)18-11-23-19(12-22-18)21-26-25-15(3)27(21)16-8-9-20(28-4)24-10-16/h5-12H,1-4H3. The minimum atomic E-state index is 0.550. The Balaban J connectivity index is 1.73. The van der Waals surface area contributed by atoms with Gasteiger partial charge in [-0.1, -0.05) is 18.2 Å². The van der Waals surface area contributed by atoms with Gasteiger partial charge in [0.1, 0.15) is 11.5 Å². The van der Waals surface area contributed by atoms with Crippen molar-refractivity contribution in [1.29, 1.82) is 0 Å². The fourth-order valence-corrected chi connectivity index (χ4v) is 3.07. The Kier molecular flexibility index (Phi) is 4.57. The number of benzene rings is 1. The fraction of sp³-hybridized carbons (Fsp3) is 0.190. The predicted molar refractivity (Wildman–Crippen MR) is 106 cm³/mol. The number of rotatable bonds is 4. The van der Waals surface area contributed by atoms with Crippen LogP contribution < -0.4 is 4.74 Å². The van der Waals surface area contributed by atoms with E-state index in [9.17, 15) is 0 Å². The highest BCUT2D eigenvalue weighted by atomic mass is 16.5. The molecule has 0 N–H and O–H groups in total. The van der Waals surface area contributed by atoms with Crippen LogP contribution in [0.25, 0.3) is 28.5 Å². The van der Waals surface area contributed by atoms with Crippen molar-refractivity contribution in [3.05, 3.63) is 65.9 Å². The molecule has 7 heteroatoms. The van der Waals surface area contributed by atoms with E-state index >= 15 is 0 Å². The first-order chi connectivity index (χ1) is 13.6. The summed E-state index contributed by atoms with van der Waals surface area (Å²) in [5.41, 5.74) is 5.82. The van der Waals surface area contributed by atoms with E-state index in [1.807, 2.05) is 23.6 Å². The number of aryl methyl sites for hydroxylation is 2. The lowest BCUT2D eigenvalue weighted by Crippen LogP contribution is -2.02. The second kappa shape index (κ2) is 7.19. The van der Waals surface area contributed by atoms with Crippen LogP contribution in [-0.2, 0) is 0 Å². The quantitative estimate of drug-likeness (QED) is 0.543. The molecule has 0 saturated heterocycles. The molecule has 140 valence electrons. The minimum absolute atomic E-state index is 0.550. The first-order valence-corrected chi connectivity index (χ1v) is 8.90. The summed E-state index contributed by atoms with van der Waals surface area (Å²) in [6.45, 7) is 6.07. The normalized spacial score (nSPS) is 10.9. The van der Waals surface area contributed by atoms with Crippen LogP contribution in [-0.4, -0.2) is 36.8 Å². The van der Waals surface area contributed by atoms with Crippen LogP contribution in [0.2, 0.25) is 0 Å². The summed E-state index contributed by atoms with van der Waals surface area (Å²) < 4.78 is 7.03. The summed E-state index contributed by atoms with van der Waals surface area (Å²) in [6, 6.07) is 9.89. The topological polar surface area (TPSA) is 78.6 Å². The lowest BCUT2D eigenvalue weighted by molar-refractivity contribution is 0.398.